The molecule has 0 saturated heterocycles. The van der Waals surface area contributed by atoms with Crippen molar-refractivity contribution in [3.63, 3.8) is 0 Å². The molecule has 2 aliphatic rings. The molecule has 2 aromatic carbocycles. The van der Waals surface area contributed by atoms with E-state index in [0.29, 0.717) is 30.2 Å². The molecule has 192 valence electrons. The SMILES string of the molecule is CC(C)N1Cc2cc(S(C)=O)ccc2N(CCN2CC=C(c3c[nH]c4cc(F)ccc34)CC2)S1(=O)=O. The normalized spacial score (nSPS) is 19.5. The highest BCUT2D eigenvalue weighted by Crippen LogP contribution is 2.35. The van der Waals surface area contributed by atoms with Crippen LogP contribution >= 0.6 is 0 Å². The summed E-state index contributed by atoms with van der Waals surface area (Å²) in [6.07, 6.45) is 6.57. The van der Waals surface area contributed by atoms with E-state index in [1.807, 2.05) is 32.2 Å². The maximum absolute atomic E-state index is 13.5. The number of nitrogens with zero attached hydrogens (tertiary/aromatic N) is 3. The van der Waals surface area contributed by atoms with E-state index in [0.717, 1.165) is 35.0 Å². The Labute approximate surface area is 214 Å². The fourth-order valence-electron chi connectivity index (χ4n) is 5.05. The van der Waals surface area contributed by atoms with Crippen molar-refractivity contribution in [2.45, 2.75) is 37.8 Å². The molecule has 5 rings (SSSR count). The largest absolute Gasteiger partial charge is 0.360 e. The van der Waals surface area contributed by atoms with Gasteiger partial charge in [0.25, 0.3) is 0 Å². The minimum atomic E-state index is -3.67. The molecule has 0 bridgehead atoms. The molecule has 7 nitrogen and oxygen atoms in total. The summed E-state index contributed by atoms with van der Waals surface area (Å²) in [4.78, 5) is 6.10. The predicted molar refractivity (Wildman–Crippen MR) is 143 cm³/mol. The second kappa shape index (κ2) is 9.74. The van der Waals surface area contributed by atoms with Gasteiger partial charge < -0.3 is 4.98 Å². The summed E-state index contributed by atoms with van der Waals surface area (Å²) in [5.74, 6) is -0.260. The number of aromatic nitrogens is 1. The summed E-state index contributed by atoms with van der Waals surface area (Å²) in [7, 11) is -4.81. The summed E-state index contributed by atoms with van der Waals surface area (Å²) < 4.78 is 55.6. The van der Waals surface area contributed by atoms with Crippen LogP contribution in [0.3, 0.4) is 0 Å². The topological polar surface area (TPSA) is 76.7 Å². The molecule has 3 heterocycles. The van der Waals surface area contributed by atoms with E-state index in [4.69, 9.17) is 0 Å². The lowest BCUT2D eigenvalue weighted by Gasteiger charge is -2.40. The lowest BCUT2D eigenvalue weighted by atomic mass is 9.99. The Morgan fingerprint density at radius 3 is 2.64 bits per heavy atom. The highest BCUT2D eigenvalue weighted by Gasteiger charge is 2.38. The Morgan fingerprint density at radius 2 is 1.94 bits per heavy atom. The van der Waals surface area contributed by atoms with Crippen LogP contribution in [0.15, 0.2) is 53.6 Å². The summed E-state index contributed by atoms with van der Waals surface area (Å²) in [5, 5.41) is 1.01. The molecule has 1 N–H and O–H groups in total. The quantitative estimate of drug-likeness (QED) is 0.521. The number of aromatic amines is 1. The molecule has 0 fully saturated rings. The number of benzene rings is 2. The summed E-state index contributed by atoms with van der Waals surface area (Å²) in [6, 6.07) is 10.0. The van der Waals surface area contributed by atoms with Crippen molar-refractivity contribution in [3.8, 4) is 0 Å². The molecular formula is C26H31FN4O3S2. The zero-order valence-electron chi connectivity index (χ0n) is 20.7. The van der Waals surface area contributed by atoms with Crippen LogP contribution in [-0.4, -0.2) is 65.3 Å². The van der Waals surface area contributed by atoms with E-state index >= 15 is 0 Å². The van der Waals surface area contributed by atoms with Crippen LogP contribution < -0.4 is 4.31 Å². The second-order valence-corrected chi connectivity index (χ2v) is 12.8. The highest BCUT2D eigenvalue weighted by molar-refractivity contribution is 7.90. The zero-order valence-corrected chi connectivity index (χ0v) is 22.3. The number of anilines is 1. The van der Waals surface area contributed by atoms with Crippen molar-refractivity contribution >= 4 is 43.2 Å². The van der Waals surface area contributed by atoms with Crippen LogP contribution in [0.2, 0.25) is 0 Å². The Kier molecular flexibility index (Phi) is 6.80. The Morgan fingerprint density at radius 1 is 1.14 bits per heavy atom. The first kappa shape index (κ1) is 25.1. The minimum Gasteiger partial charge on any atom is -0.360 e. The van der Waals surface area contributed by atoms with E-state index < -0.39 is 21.0 Å². The Hall–Kier alpha value is -2.53. The first-order chi connectivity index (χ1) is 17.1. The van der Waals surface area contributed by atoms with Gasteiger partial charge in [0.1, 0.15) is 5.82 Å². The molecule has 1 aromatic heterocycles. The Balaban J connectivity index is 1.34. The number of fused-ring (bicyclic) bond motifs is 2. The van der Waals surface area contributed by atoms with Gasteiger partial charge in [-0.15, -0.1) is 0 Å². The van der Waals surface area contributed by atoms with E-state index in [9.17, 15) is 17.0 Å². The number of nitrogens with one attached hydrogen (secondary N) is 1. The lowest BCUT2D eigenvalue weighted by Crippen LogP contribution is -2.52. The molecule has 10 heteroatoms. The van der Waals surface area contributed by atoms with E-state index in [1.165, 1.54) is 26.3 Å². The molecule has 36 heavy (non-hydrogen) atoms. The molecule has 3 aromatic rings. The van der Waals surface area contributed by atoms with Gasteiger partial charge in [0.05, 0.1) is 5.69 Å². The van der Waals surface area contributed by atoms with Crippen LogP contribution in [0.5, 0.6) is 0 Å². The van der Waals surface area contributed by atoms with Gasteiger partial charge in [-0.05, 0) is 67.8 Å². The van der Waals surface area contributed by atoms with Gasteiger partial charge in [-0.1, -0.05) is 6.08 Å². The van der Waals surface area contributed by atoms with Crippen molar-refractivity contribution in [2.75, 3.05) is 36.7 Å². The standard InChI is InChI=1S/C26H31FN4O3S2/c1-18(2)31-17-20-14-22(35(3)32)5-7-26(20)30(36(31,33)34)13-12-29-10-8-19(9-11-29)24-16-28-25-15-21(27)4-6-23(24)25/h4-8,14-16,18,28H,9-13,17H2,1-3H3. The molecule has 0 saturated carbocycles. The third-order valence-electron chi connectivity index (χ3n) is 7.03. The van der Waals surface area contributed by atoms with Gasteiger partial charge in [0.2, 0.25) is 0 Å². The number of halogens is 1. The highest BCUT2D eigenvalue weighted by atomic mass is 32.2. The number of H-pyrrole nitrogens is 1. The van der Waals surface area contributed by atoms with E-state index in [2.05, 4.69) is 16.0 Å². The molecule has 0 radical (unpaired) electrons. The number of rotatable bonds is 6. The first-order valence-electron chi connectivity index (χ1n) is 12.1. The van der Waals surface area contributed by atoms with E-state index in [1.54, 1.807) is 18.4 Å². The predicted octanol–water partition coefficient (Wildman–Crippen LogP) is 4.11. The van der Waals surface area contributed by atoms with Crippen LogP contribution in [-0.2, 0) is 27.6 Å². The molecule has 1 atom stereocenters. The van der Waals surface area contributed by atoms with Crippen molar-refractivity contribution in [2.24, 2.45) is 0 Å². The molecule has 0 amide bonds. The van der Waals surface area contributed by atoms with Crippen molar-refractivity contribution < 1.29 is 17.0 Å². The molecule has 0 spiro atoms. The maximum Gasteiger partial charge on any atom is 0.304 e. The van der Waals surface area contributed by atoms with Gasteiger partial charge in [0, 0.05) is 83.4 Å². The average Bonchev–Trinajstić information content (AvgIpc) is 3.25. The van der Waals surface area contributed by atoms with Crippen molar-refractivity contribution in [1.29, 1.82) is 0 Å². The van der Waals surface area contributed by atoms with Crippen LogP contribution in [0.25, 0.3) is 16.5 Å². The average molecular weight is 531 g/mol. The van der Waals surface area contributed by atoms with Gasteiger partial charge in [-0.3, -0.25) is 13.4 Å². The lowest BCUT2D eigenvalue weighted by molar-refractivity contribution is 0.305. The van der Waals surface area contributed by atoms with Gasteiger partial charge in [-0.2, -0.15) is 12.7 Å². The van der Waals surface area contributed by atoms with Crippen LogP contribution in [0, 0.1) is 5.82 Å². The maximum atomic E-state index is 13.5. The molecule has 0 aliphatic carbocycles. The number of hydrogen-bond donors (Lipinski definition) is 1. The minimum absolute atomic E-state index is 0.188. The van der Waals surface area contributed by atoms with Crippen LogP contribution in [0.1, 0.15) is 31.4 Å². The van der Waals surface area contributed by atoms with E-state index in [-0.39, 0.29) is 18.4 Å². The molecule has 1 unspecified atom stereocenters. The second-order valence-electron chi connectivity index (χ2n) is 9.64. The monoisotopic (exact) mass is 530 g/mol. The summed E-state index contributed by atoms with van der Waals surface area (Å²) in [6.45, 7) is 6.48. The summed E-state index contributed by atoms with van der Waals surface area (Å²) in [5.41, 5.74) is 4.63. The zero-order chi connectivity index (χ0) is 25.6. The fraction of sp³-hybridized carbons (Fsp3) is 0.385. The molecular weight excluding hydrogens is 499 g/mol. The van der Waals surface area contributed by atoms with Crippen molar-refractivity contribution in [1.82, 2.24) is 14.2 Å². The first-order valence-corrected chi connectivity index (χ1v) is 15.0. The van der Waals surface area contributed by atoms with Gasteiger partial charge in [0.15, 0.2) is 0 Å². The van der Waals surface area contributed by atoms with Gasteiger partial charge in [-0.25, -0.2) is 4.39 Å². The summed E-state index contributed by atoms with van der Waals surface area (Å²) >= 11 is 0. The van der Waals surface area contributed by atoms with Crippen LogP contribution in [0.4, 0.5) is 10.1 Å². The Bertz CT molecular complexity index is 1470. The fourth-order valence-corrected chi connectivity index (χ4v) is 7.45. The molecule has 2 aliphatic heterocycles. The number of hydrogen-bond acceptors (Lipinski definition) is 4. The third-order valence-corrected chi connectivity index (χ3v) is 10.0. The smallest absolute Gasteiger partial charge is 0.304 e. The van der Waals surface area contributed by atoms with Crippen molar-refractivity contribution in [3.05, 3.63) is 65.6 Å². The van der Waals surface area contributed by atoms with Gasteiger partial charge >= 0.3 is 10.2 Å². The third kappa shape index (κ3) is 4.63.